The molecule has 0 radical (unpaired) electrons. The van der Waals surface area contributed by atoms with Crippen LogP contribution in [0.15, 0.2) is 27.8 Å². The number of nitrogens with one attached hydrogen (secondary N) is 2. The van der Waals surface area contributed by atoms with Gasteiger partial charge in [0.1, 0.15) is 5.76 Å². The van der Waals surface area contributed by atoms with Crippen LogP contribution in [0.1, 0.15) is 59.5 Å². The summed E-state index contributed by atoms with van der Waals surface area (Å²) < 4.78 is 5.71. The molecule has 0 aromatic carbocycles. The van der Waals surface area contributed by atoms with Crippen LogP contribution in [-0.2, 0) is 19.3 Å². The van der Waals surface area contributed by atoms with Crippen LogP contribution in [-0.4, -0.2) is 49.1 Å². The predicted molar refractivity (Wildman–Crippen MR) is 134 cm³/mol. The predicted octanol–water partition coefficient (Wildman–Crippen LogP) is 4.17. The Morgan fingerprint density at radius 3 is 2.80 bits per heavy atom. The smallest absolute Gasteiger partial charge is 0.191 e. The summed E-state index contributed by atoms with van der Waals surface area (Å²) in [6.45, 7) is 3.97. The molecule has 1 aliphatic carbocycles. The molecule has 1 unspecified atom stereocenters. The number of nitrogens with zero attached hydrogens (tertiary/aromatic N) is 3. The quantitative estimate of drug-likeness (QED) is 0.227. The van der Waals surface area contributed by atoms with Crippen LogP contribution in [0, 0.1) is 0 Å². The zero-order valence-corrected chi connectivity index (χ0v) is 21.0. The Labute approximate surface area is 201 Å². The summed E-state index contributed by atoms with van der Waals surface area (Å²) >= 11 is 1.93. The van der Waals surface area contributed by atoms with Crippen molar-refractivity contribution in [2.24, 2.45) is 4.99 Å². The van der Waals surface area contributed by atoms with Crippen molar-refractivity contribution in [3.05, 3.63) is 39.7 Å². The first-order valence-electron chi connectivity index (χ1n) is 11.0. The minimum Gasteiger partial charge on any atom is -0.468 e. The van der Waals surface area contributed by atoms with E-state index in [2.05, 4.69) is 26.6 Å². The van der Waals surface area contributed by atoms with Crippen molar-refractivity contribution in [3.8, 4) is 0 Å². The van der Waals surface area contributed by atoms with Gasteiger partial charge in [-0.3, -0.25) is 9.89 Å². The zero-order chi connectivity index (χ0) is 19.9. The normalized spacial score (nSPS) is 18.0. The molecule has 0 saturated carbocycles. The average molecular weight is 544 g/mol. The van der Waals surface area contributed by atoms with Gasteiger partial charge in [0, 0.05) is 31.4 Å². The number of hydrogen-bond donors (Lipinski definition) is 2. The molecule has 6 nitrogen and oxygen atoms in total. The summed E-state index contributed by atoms with van der Waals surface area (Å²) in [5.74, 6) is 1.89. The van der Waals surface area contributed by atoms with Gasteiger partial charge in [-0.05, 0) is 70.2 Å². The van der Waals surface area contributed by atoms with E-state index in [0.717, 1.165) is 50.7 Å². The number of furan rings is 1. The number of aliphatic imine (C=N–C) groups is 1. The minimum atomic E-state index is 0. The maximum absolute atomic E-state index is 5.71. The maximum atomic E-state index is 5.71. The van der Waals surface area contributed by atoms with Crippen molar-refractivity contribution in [3.63, 3.8) is 0 Å². The number of rotatable bonds is 8. The van der Waals surface area contributed by atoms with Crippen molar-refractivity contribution in [2.45, 2.75) is 57.4 Å². The van der Waals surface area contributed by atoms with Crippen LogP contribution in [0.4, 0.5) is 0 Å². The van der Waals surface area contributed by atoms with Crippen molar-refractivity contribution >= 4 is 41.3 Å². The van der Waals surface area contributed by atoms with E-state index in [4.69, 9.17) is 9.40 Å². The lowest BCUT2D eigenvalue weighted by molar-refractivity contribution is 0.215. The fraction of sp³-hybridized carbons (Fsp3) is 0.636. The van der Waals surface area contributed by atoms with Crippen LogP contribution in [0.2, 0.25) is 0 Å². The van der Waals surface area contributed by atoms with Crippen molar-refractivity contribution in [1.82, 2.24) is 20.5 Å². The van der Waals surface area contributed by atoms with Gasteiger partial charge in [0.05, 0.1) is 23.0 Å². The topological polar surface area (TPSA) is 65.7 Å². The highest BCUT2D eigenvalue weighted by Crippen LogP contribution is 2.27. The summed E-state index contributed by atoms with van der Waals surface area (Å²) in [7, 11) is 1.84. The first-order valence-corrected chi connectivity index (χ1v) is 11.8. The molecule has 30 heavy (non-hydrogen) atoms. The average Bonchev–Trinajstić information content (AvgIpc) is 3.51. The lowest BCUT2D eigenvalue weighted by Gasteiger charge is -2.26. The molecule has 1 aliphatic heterocycles. The molecule has 1 fully saturated rings. The van der Waals surface area contributed by atoms with E-state index >= 15 is 0 Å². The van der Waals surface area contributed by atoms with Gasteiger partial charge in [-0.1, -0.05) is 0 Å². The standard InChI is InChI=1S/C22H33N5OS.HI/c1-23-22(24-12-6-11-21-26-17-8-2-3-10-20(17)29-21)25-16-18(19-9-7-15-28-19)27-13-4-5-14-27;/h7,9,15,18H,2-6,8,10-14,16H2,1H3,(H2,23,24,25);1H. The Balaban J connectivity index is 0.00000256. The highest BCUT2D eigenvalue weighted by molar-refractivity contribution is 14.0. The van der Waals surface area contributed by atoms with Gasteiger partial charge in [-0.15, -0.1) is 35.3 Å². The molecule has 3 heterocycles. The van der Waals surface area contributed by atoms with E-state index in [-0.39, 0.29) is 30.0 Å². The van der Waals surface area contributed by atoms with Gasteiger partial charge in [0.2, 0.25) is 0 Å². The monoisotopic (exact) mass is 543 g/mol. The zero-order valence-electron chi connectivity index (χ0n) is 17.9. The first-order chi connectivity index (χ1) is 14.3. The van der Waals surface area contributed by atoms with Crippen LogP contribution in [0.5, 0.6) is 0 Å². The molecule has 1 atom stereocenters. The highest BCUT2D eigenvalue weighted by Gasteiger charge is 2.25. The Morgan fingerprint density at radius 1 is 1.23 bits per heavy atom. The van der Waals surface area contributed by atoms with Crippen molar-refractivity contribution in [2.75, 3.05) is 33.2 Å². The number of fused-ring (bicyclic) bond motifs is 1. The lowest BCUT2D eigenvalue weighted by atomic mass is 10.0. The Kier molecular flexibility index (Phi) is 9.45. The number of aryl methyl sites for hydroxylation is 3. The maximum Gasteiger partial charge on any atom is 0.191 e. The first kappa shape index (κ1) is 23.5. The van der Waals surface area contributed by atoms with E-state index < -0.39 is 0 Å². The lowest BCUT2D eigenvalue weighted by Crippen LogP contribution is -2.42. The van der Waals surface area contributed by atoms with Crippen LogP contribution >= 0.6 is 35.3 Å². The highest BCUT2D eigenvalue weighted by atomic mass is 127. The summed E-state index contributed by atoms with van der Waals surface area (Å²) in [5, 5.41) is 8.26. The molecule has 4 rings (SSSR count). The summed E-state index contributed by atoms with van der Waals surface area (Å²) in [6.07, 6.45) is 11.5. The third-order valence-corrected chi connectivity index (χ3v) is 7.11. The summed E-state index contributed by atoms with van der Waals surface area (Å²) in [4.78, 5) is 13.3. The number of guanidine groups is 1. The second kappa shape index (κ2) is 12.0. The SMILES string of the molecule is CN=C(NCCCc1nc2c(s1)CCCC2)NCC(c1ccco1)N1CCCC1.I. The molecule has 166 valence electrons. The van der Waals surface area contributed by atoms with Gasteiger partial charge in [-0.25, -0.2) is 4.98 Å². The number of thiazole rings is 1. The van der Waals surface area contributed by atoms with E-state index in [1.807, 2.05) is 24.5 Å². The van der Waals surface area contributed by atoms with Crippen LogP contribution < -0.4 is 10.6 Å². The van der Waals surface area contributed by atoms with Crippen LogP contribution in [0.3, 0.4) is 0 Å². The second-order valence-electron chi connectivity index (χ2n) is 7.94. The van der Waals surface area contributed by atoms with Crippen molar-refractivity contribution in [1.29, 1.82) is 0 Å². The molecule has 1 saturated heterocycles. The fourth-order valence-electron chi connectivity index (χ4n) is 4.32. The summed E-state index contributed by atoms with van der Waals surface area (Å²) in [6, 6.07) is 4.31. The number of hydrogen-bond acceptors (Lipinski definition) is 5. The number of likely N-dealkylation sites (tertiary alicyclic amines) is 1. The van der Waals surface area contributed by atoms with Gasteiger partial charge in [0.25, 0.3) is 0 Å². The largest absolute Gasteiger partial charge is 0.468 e. The molecule has 2 aromatic heterocycles. The second-order valence-corrected chi connectivity index (χ2v) is 9.11. The molecular formula is C22H34IN5OS. The number of halogens is 1. The summed E-state index contributed by atoms with van der Waals surface area (Å²) in [5.41, 5.74) is 1.37. The molecule has 0 amide bonds. The molecular weight excluding hydrogens is 509 g/mol. The molecule has 2 N–H and O–H groups in total. The van der Waals surface area contributed by atoms with E-state index in [0.29, 0.717) is 0 Å². The molecule has 2 aromatic rings. The number of aromatic nitrogens is 1. The minimum absolute atomic E-state index is 0. The molecule has 0 spiro atoms. The van der Waals surface area contributed by atoms with Gasteiger partial charge in [-0.2, -0.15) is 0 Å². The van der Waals surface area contributed by atoms with Gasteiger partial charge in [0.15, 0.2) is 5.96 Å². The van der Waals surface area contributed by atoms with E-state index in [1.165, 1.54) is 54.1 Å². The Hall–Kier alpha value is -1.13. The fourth-order valence-corrected chi connectivity index (χ4v) is 5.52. The third kappa shape index (κ3) is 6.20. The van der Waals surface area contributed by atoms with Crippen molar-refractivity contribution < 1.29 is 4.42 Å². The third-order valence-electron chi connectivity index (χ3n) is 5.89. The molecule has 0 bridgehead atoms. The van der Waals surface area contributed by atoms with E-state index in [1.54, 1.807) is 6.26 Å². The van der Waals surface area contributed by atoms with Crippen LogP contribution in [0.25, 0.3) is 0 Å². The van der Waals surface area contributed by atoms with Gasteiger partial charge >= 0.3 is 0 Å². The van der Waals surface area contributed by atoms with E-state index in [9.17, 15) is 0 Å². The molecule has 8 heteroatoms. The Morgan fingerprint density at radius 2 is 2.07 bits per heavy atom. The Bertz CT molecular complexity index is 762. The van der Waals surface area contributed by atoms with Gasteiger partial charge < -0.3 is 15.1 Å². The molecule has 2 aliphatic rings.